The van der Waals surface area contributed by atoms with Crippen molar-refractivity contribution < 1.29 is 22.7 Å². The van der Waals surface area contributed by atoms with Crippen LogP contribution in [0.25, 0.3) is 0 Å². The molecular weight excluding hydrogens is 442 g/mol. The van der Waals surface area contributed by atoms with Crippen LogP contribution in [-0.2, 0) is 26.2 Å². The van der Waals surface area contributed by atoms with E-state index >= 15 is 0 Å². The highest BCUT2D eigenvalue weighted by Gasteiger charge is 2.32. The number of ether oxygens (including phenoxy) is 1. The van der Waals surface area contributed by atoms with Gasteiger partial charge in [0.25, 0.3) is 0 Å². The fourth-order valence-electron chi connectivity index (χ4n) is 3.53. The van der Waals surface area contributed by atoms with E-state index in [2.05, 4.69) is 5.32 Å². The monoisotopic (exact) mass is 475 g/mol. The third kappa shape index (κ3) is 7.21. The first-order valence-corrected chi connectivity index (χ1v) is 12.9. The Morgan fingerprint density at radius 2 is 1.64 bits per heavy atom. The van der Waals surface area contributed by atoms with Crippen molar-refractivity contribution in [2.45, 2.75) is 39.8 Å². The number of likely N-dealkylation sites (N-methyl/N-ethyl adjacent to an activating group) is 1. The fourth-order valence-corrected chi connectivity index (χ4v) is 4.38. The summed E-state index contributed by atoms with van der Waals surface area (Å²) in [6.45, 7) is 5.93. The second-order valence-electron chi connectivity index (χ2n) is 7.50. The molecule has 2 amide bonds. The van der Waals surface area contributed by atoms with Crippen LogP contribution < -0.4 is 14.4 Å². The van der Waals surface area contributed by atoms with E-state index in [1.165, 1.54) is 4.90 Å². The van der Waals surface area contributed by atoms with Crippen LogP contribution in [0.2, 0.25) is 0 Å². The second-order valence-corrected chi connectivity index (χ2v) is 9.40. The lowest BCUT2D eigenvalue weighted by Gasteiger charge is -2.33. The zero-order chi connectivity index (χ0) is 24.4. The molecule has 0 saturated carbocycles. The Kier molecular flexibility index (Phi) is 9.72. The molecule has 0 bridgehead atoms. The van der Waals surface area contributed by atoms with Crippen LogP contribution in [0.15, 0.2) is 54.6 Å². The first-order chi connectivity index (χ1) is 15.7. The van der Waals surface area contributed by atoms with E-state index in [4.69, 9.17) is 4.74 Å². The molecular formula is C24H33N3O5S. The van der Waals surface area contributed by atoms with Crippen LogP contribution >= 0.6 is 0 Å². The average molecular weight is 476 g/mol. The summed E-state index contributed by atoms with van der Waals surface area (Å²) in [7, 11) is -3.82. The lowest BCUT2D eigenvalue weighted by molar-refractivity contribution is -0.140. The molecule has 0 heterocycles. The van der Waals surface area contributed by atoms with Crippen molar-refractivity contribution in [1.29, 1.82) is 0 Å². The normalized spacial score (nSPS) is 12.0. The fraction of sp³-hybridized carbons (Fsp3) is 0.417. The Morgan fingerprint density at radius 1 is 1.00 bits per heavy atom. The van der Waals surface area contributed by atoms with Gasteiger partial charge in [0, 0.05) is 13.1 Å². The molecule has 2 rings (SSSR count). The van der Waals surface area contributed by atoms with Crippen molar-refractivity contribution in [2.24, 2.45) is 0 Å². The molecule has 1 N–H and O–H groups in total. The van der Waals surface area contributed by atoms with Gasteiger partial charge in [0.1, 0.15) is 18.3 Å². The summed E-state index contributed by atoms with van der Waals surface area (Å²) in [6, 6.07) is 15.3. The van der Waals surface area contributed by atoms with Crippen LogP contribution in [0.1, 0.15) is 32.8 Å². The summed E-state index contributed by atoms with van der Waals surface area (Å²) >= 11 is 0. The largest absolute Gasteiger partial charge is 0.492 e. The van der Waals surface area contributed by atoms with Gasteiger partial charge < -0.3 is 15.0 Å². The zero-order valence-electron chi connectivity index (χ0n) is 19.7. The maximum Gasteiger partial charge on any atom is 0.244 e. The highest BCUT2D eigenvalue weighted by molar-refractivity contribution is 7.92. The Balaban J connectivity index is 2.45. The van der Waals surface area contributed by atoms with Crippen LogP contribution in [0.3, 0.4) is 0 Å². The van der Waals surface area contributed by atoms with Crippen molar-refractivity contribution in [3.8, 4) is 5.75 Å². The van der Waals surface area contributed by atoms with Crippen molar-refractivity contribution in [1.82, 2.24) is 10.2 Å². The molecule has 0 spiro atoms. The second kappa shape index (κ2) is 12.2. The Hall–Kier alpha value is -3.07. The highest BCUT2D eigenvalue weighted by atomic mass is 32.2. The van der Waals surface area contributed by atoms with Gasteiger partial charge >= 0.3 is 0 Å². The molecule has 0 aliphatic heterocycles. The number of rotatable bonds is 12. The molecule has 0 saturated heterocycles. The van der Waals surface area contributed by atoms with Gasteiger partial charge in [-0.3, -0.25) is 13.9 Å². The molecule has 33 heavy (non-hydrogen) atoms. The smallest absolute Gasteiger partial charge is 0.244 e. The van der Waals surface area contributed by atoms with Crippen molar-refractivity contribution >= 4 is 27.5 Å². The van der Waals surface area contributed by atoms with Gasteiger partial charge in [-0.25, -0.2) is 8.42 Å². The summed E-state index contributed by atoms with van der Waals surface area (Å²) in [5, 5.41) is 2.77. The van der Waals surface area contributed by atoms with Crippen LogP contribution in [-0.4, -0.2) is 57.1 Å². The van der Waals surface area contributed by atoms with E-state index in [-0.39, 0.29) is 18.1 Å². The number of nitrogens with zero attached hydrogens (tertiary/aromatic N) is 2. The molecule has 1 atom stereocenters. The topological polar surface area (TPSA) is 96.0 Å². The lowest BCUT2D eigenvalue weighted by Crippen LogP contribution is -2.52. The average Bonchev–Trinajstić information content (AvgIpc) is 2.78. The number of sulfonamides is 1. The minimum absolute atomic E-state index is 0.181. The van der Waals surface area contributed by atoms with E-state index in [1.54, 1.807) is 31.2 Å². The number of benzene rings is 2. The number of hydrogen-bond acceptors (Lipinski definition) is 5. The van der Waals surface area contributed by atoms with E-state index < -0.39 is 28.5 Å². The maximum absolute atomic E-state index is 13.6. The minimum atomic E-state index is -3.82. The molecule has 1 unspecified atom stereocenters. The van der Waals surface area contributed by atoms with Gasteiger partial charge in [-0.2, -0.15) is 0 Å². The standard InChI is InChI=1S/C24H33N3O5S/c1-5-20(24(29)25-6-2)26(17-19-13-9-8-10-14-19)23(28)18-27(33(4,30)31)21-15-11-12-16-22(21)32-7-3/h8-16,20H,5-7,17-18H2,1-4H3,(H,25,29). The highest BCUT2D eigenvalue weighted by Crippen LogP contribution is 2.30. The third-order valence-corrected chi connectivity index (χ3v) is 6.17. The SMILES string of the molecule is CCNC(=O)C(CC)N(Cc1ccccc1)C(=O)CN(c1ccccc1OCC)S(C)(=O)=O. The van der Waals surface area contributed by atoms with Gasteiger partial charge in [-0.15, -0.1) is 0 Å². The number of nitrogens with one attached hydrogen (secondary N) is 1. The molecule has 8 nitrogen and oxygen atoms in total. The van der Waals surface area contributed by atoms with Gasteiger partial charge in [-0.1, -0.05) is 49.4 Å². The summed E-state index contributed by atoms with van der Waals surface area (Å²) < 4.78 is 32.0. The number of carbonyl (C=O) groups is 2. The number of para-hydroxylation sites is 2. The lowest BCUT2D eigenvalue weighted by atomic mass is 10.1. The van der Waals surface area contributed by atoms with Gasteiger partial charge in [0.2, 0.25) is 21.8 Å². The third-order valence-electron chi connectivity index (χ3n) is 5.05. The molecule has 0 aliphatic carbocycles. The van der Waals surface area contributed by atoms with E-state index in [1.807, 2.05) is 44.2 Å². The molecule has 0 radical (unpaired) electrons. The molecule has 9 heteroatoms. The first kappa shape index (κ1) is 26.2. The molecule has 0 aliphatic rings. The maximum atomic E-state index is 13.6. The number of hydrogen-bond donors (Lipinski definition) is 1. The summed E-state index contributed by atoms with van der Waals surface area (Å²) in [5.74, 6) is -0.387. The quantitative estimate of drug-likeness (QED) is 0.509. The van der Waals surface area contributed by atoms with E-state index in [0.29, 0.717) is 25.3 Å². The molecule has 2 aromatic rings. The van der Waals surface area contributed by atoms with Gasteiger partial charge in [0.15, 0.2) is 0 Å². The summed E-state index contributed by atoms with van der Waals surface area (Å²) in [6.07, 6.45) is 1.43. The van der Waals surface area contributed by atoms with E-state index in [0.717, 1.165) is 16.1 Å². The van der Waals surface area contributed by atoms with Crippen LogP contribution in [0.5, 0.6) is 5.75 Å². The predicted molar refractivity (Wildman–Crippen MR) is 130 cm³/mol. The van der Waals surface area contributed by atoms with E-state index in [9.17, 15) is 18.0 Å². The number of carbonyl (C=O) groups excluding carboxylic acids is 2. The minimum Gasteiger partial charge on any atom is -0.492 e. The number of amides is 2. The van der Waals surface area contributed by atoms with Crippen LogP contribution in [0.4, 0.5) is 5.69 Å². The van der Waals surface area contributed by atoms with Crippen LogP contribution in [0, 0.1) is 0 Å². The molecule has 180 valence electrons. The molecule has 0 fully saturated rings. The Bertz CT molecular complexity index is 1030. The van der Waals surface area contributed by atoms with Crippen molar-refractivity contribution in [2.75, 3.05) is 30.3 Å². The zero-order valence-corrected chi connectivity index (χ0v) is 20.5. The first-order valence-electron chi connectivity index (χ1n) is 11.0. The molecule has 2 aromatic carbocycles. The number of anilines is 1. The van der Waals surface area contributed by atoms with Crippen molar-refractivity contribution in [3.05, 3.63) is 60.2 Å². The predicted octanol–water partition coefficient (Wildman–Crippen LogP) is 2.79. The van der Waals surface area contributed by atoms with Gasteiger partial charge in [-0.05, 0) is 38.0 Å². The van der Waals surface area contributed by atoms with Crippen molar-refractivity contribution in [3.63, 3.8) is 0 Å². The molecule has 0 aromatic heterocycles. The summed E-state index contributed by atoms with van der Waals surface area (Å²) in [5.41, 5.74) is 1.12. The Morgan fingerprint density at radius 3 is 2.21 bits per heavy atom. The summed E-state index contributed by atoms with van der Waals surface area (Å²) in [4.78, 5) is 27.7. The Labute approximate surface area is 196 Å². The van der Waals surface area contributed by atoms with Gasteiger partial charge in [0.05, 0.1) is 18.6 Å².